The smallest absolute Gasteiger partial charge is 0.264 e. The van der Waals surface area contributed by atoms with E-state index >= 15 is 0 Å². The van der Waals surface area contributed by atoms with E-state index in [1.54, 1.807) is 19.5 Å². The number of alkyl halides is 2. The minimum absolute atomic E-state index is 0.0765. The summed E-state index contributed by atoms with van der Waals surface area (Å²) in [6.45, 7) is 0.153. The first-order chi connectivity index (χ1) is 15.3. The Balaban J connectivity index is 1.53. The van der Waals surface area contributed by atoms with Crippen LogP contribution in [-0.4, -0.2) is 53.0 Å². The number of halogens is 2. The molecule has 166 valence electrons. The number of hydrogen-bond donors (Lipinski definition) is 1. The van der Waals surface area contributed by atoms with E-state index in [0.717, 1.165) is 39.9 Å². The number of aliphatic imine (C=N–C) groups is 1. The van der Waals surface area contributed by atoms with Gasteiger partial charge in [0, 0.05) is 61.9 Å². The second-order valence-electron chi connectivity index (χ2n) is 8.43. The molecule has 4 heterocycles. The lowest BCUT2D eigenvalue weighted by molar-refractivity contribution is -0.0493. The number of aromatic nitrogens is 2. The summed E-state index contributed by atoms with van der Waals surface area (Å²) in [5.41, 5.74) is 9.45. The van der Waals surface area contributed by atoms with Crippen molar-refractivity contribution in [1.29, 1.82) is 0 Å². The topological polar surface area (TPSA) is 84.5 Å². The largest absolute Gasteiger partial charge is 0.383 e. The summed E-state index contributed by atoms with van der Waals surface area (Å²) in [4.78, 5) is 29.0. The number of nitrogen functional groups attached to an aromatic ring is 1. The minimum atomic E-state index is -2.68. The molecular formula is C23H23F2N5OS. The molecule has 1 aliphatic heterocycles. The molecule has 1 aliphatic carbocycles. The molecule has 1 saturated heterocycles. The quantitative estimate of drug-likeness (QED) is 0.576. The normalized spacial score (nSPS) is 18.5. The summed E-state index contributed by atoms with van der Waals surface area (Å²) in [6, 6.07) is 5.87. The number of rotatable bonds is 4. The molecule has 2 aliphatic rings. The molecule has 0 atom stereocenters. The van der Waals surface area contributed by atoms with Crippen LogP contribution in [0.15, 0.2) is 29.4 Å². The number of pyridine rings is 2. The molecule has 0 spiro atoms. The van der Waals surface area contributed by atoms with Gasteiger partial charge in [0.2, 0.25) is 0 Å². The molecular weight excluding hydrogens is 432 g/mol. The van der Waals surface area contributed by atoms with Crippen molar-refractivity contribution in [2.24, 2.45) is 4.99 Å². The highest BCUT2D eigenvalue weighted by Crippen LogP contribution is 2.45. The summed E-state index contributed by atoms with van der Waals surface area (Å²) in [5, 5.41) is 0.977. The van der Waals surface area contributed by atoms with Crippen LogP contribution in [0.2, 0.25) is 0 Å². The van der Waals surface area contributed by atoms with Crippen molar-refractivity contribution in [3.63, 3.8) is 0 Å². The number of carbonyl (C=O) groups excluding carboxylic acids is 1. The van der Waals surface area contributed by atoms with Crippen molar-refractivity contribution in [3.05, 3.63) is 40.4 Å². The van der Waals surface area contributed by atoms with Gasteiger partial charge in [-0.05, 0) is 42.5 Å². The van der Waals surface area contributed by atoms with E-state index in [1.807, 2.05) is 12.1 Å². The van der Waals surface area contributed by atoms with Crippen molar-refractivity contribution >= 4 is 39.5 Å². The highest BCUT2D eigenvalue weighted by molar-refractivity contribution is 7.20. The zero-order chi connectivity index (χ0) is 22.5. The van der Waals surface area contributed by atoms with Crippen molar-refractivity contribution in [2.75, 3.05) is 25.9 Å². The average Bonchev–Trinajstić information content (AvgIpc) is 3.52. The van der Waals surface area contributed by atoms with Gasteiger partial charge in [-0.25, -0.2) is 18.7 Å². The van der Waals surface area contributed by atoms with Gasteiger partial charge in [0.1, 0.15) is 10.6 Å². The summed E-state index contributed by atoms with van der Waals surface area (Å²) >= 11 is 1.32. The number of carbonyl (C=O) groups is 1. The fraction of sp³-hybridized carbons (Fsp3) is 0.391. The fourth-order valence-electron chi connectivity index (χ4n) is 4.09. The van der Waals surface area contributed by atoms with Crippen molar-refractivity contribution in [2.45, 2.75) is 37.5 Å². The van der Waals surface area contributed by atoms with E-state index in [4.69, 9.17) is 10.7 Å². The van der Waals surface area contributed by atoms with Gasteiger partial charge in [-0.1, -0.05) is 0 Å². The van der Waals surface area contributed by atoms with E-state index in [-0.39, 0.29) is 31.8 Å². The second kappa shape index (κ2) is 7.88. The Bertz CT molecular complexity index is 1220. The zero-order valence-electron chi connectivity index (χ0n) is 17.6. The third-order valence-electron chi connectivity index (χ3n) is 6.06. The van der Waals surface area contributed by atoms with Crippen LogP contribution in [0.3, 0.4) is 0 Å². The molecule has 0 bridgehead atoms. The molecule has 1 saturated carbocycles. The van der Waals surface area contributed by atoms with Gasteiger partial charge < -0.3 is 10.6 Å². The Morgan fingerprint density at radius 1 is 1.28 bits per heavy atom. The molecule has 0 aromatic carbocycles. The van der Waals surface area contributed by atoms with Gasteiger partial charge in [-0.2, -0.15) is 0 Å². The molecule has 2 N–H and O–H groups in total. The van der Waals surface area contributed by atoms with Crippen LogP contribution in [0, 0.1) is 0 Å². The van der Waals surface area contributed by atoms with Gasteiger partial charge >= 0.3 is 0 Å². The summed E-state index contributed by atoms with van der Waals surface area (Å²) in [6.07, 6.45) is 5.00. The molecule has 9 heteroatoms. The Kier molecular flexibility index (Phi) is 5.16. The maximum atomic E-state index is 13.5. The maximum absolute atomic E-state index is 13.5. The standard InChI is InChI=1S/C23H23F2N5OS/c1-27-11-15-8-14(12-28-20(15)26)18-9-16(13-2-3-13)17-10-19(32-21(17)29-18)22(31)30-6-4-23(24,25)5-7-30/h8-13H,2-7H2,1H3,(H2,26,28). The Morgan fingerprint density at radius 2 is 2.03 bits per heavy atom. The number of nitrogens with two attached hydrogens (primary N) is 1. The highest BCUT2D eigenvalue weighted by Gasteiger charge is 2.36. The van der Waals surface area contributed by atoms with Crippen LogP contribution in [0.1, 0.15) is 52.4 Å². The molecule has 0 radical (unpaired) electrons. The SMILES string of the molecule is CN=Cc1cc(-c2cc(C3CC3)c3cc(C(=O)N4CCC(F)(F)CC4)sc3n2)cnc1N. The third-order valence-corrected chi connectivity index (χ3v) is 7.08. The van der Waals surface area contributed by atoms with Crippen molar-refractivity contribution < 1.29 is 13.6 Å². The molecule has 3 aromatic rings. The minimum Gasteiger partial charge on any atom is -0.383 e. The van der Waals surface area contributed by atoms with Crippen LogP contribution >= 0.6 is 11.3 Å². The highest BCUT2D eigenvalue weighted by atomic mass is 32.1. The number of hydrogen-bond acceptors (Lipinski definition) is 6. The fourth-order valence-corrected chi connectivity index (χ4v) is 5.12. The van der Waals surface area contributed by atoms with Crippen LogP contribution in [0.5, 0.6) is 0 Å². The average molecular weight is 456 g/mol. The summed E-state index contributed by atoms with van der Waals surface area (Å²) in [7, 11) is 1.68. The molecule has 5 rings (SSSR count). The Hall–Kier alpha value is -2.94. The summed E-state index contributed by atoms with van der Waals surface area (Å²) < 4.78 is 27.0. The summed E-state index contributed by atoms with van der Waals surface area (Å²) in [5.74, 6) is -2.02. The number of amides is 1. The van der Waals surface area contributed by atoms with E-state index < -0.39 is 5.92 Å². The first-order valence-electron chi connectivity index (χ1n) is 10.6. The van der Waals surface area contributed by atoms with Gasteiger partial charge in [-0.15, -0.1) is 11.3 Å². The van der Waals surface area contributed by atoms with Gasteiger partial charge in [0.15, 0.2) is 0 Å². The molecule has 6 nitrogen and oxygen atoms in total. The van der Waals surface area contributed by atoms with Gasteiger partial charge in [-0.3, -0.25) is 9.79 Å². The van der Waals surface area contributed by atoms with Crippen LogP contribution in [0.4, 0.5) is 14.6 Å². The van der Waals surface area contributed by atoms with Crippen molar-refractivity contribution in [1.82, 2.24) is 14.9 Å². The first kappa shape index (κ1) is 20.9. The molecule has 2 fully saturated rings. The predicted octanol–water partition coefficient (Wildman–Crippen LogP) is 4.74. The third kappa shape index (κ3) is 3.97. The van der Waals surface area contributed by atoms with Crippen LogP contribution < -0.4 is 5.73 Å². The van der Waals surface area contributed by atoms with E-state index in [2.05, 4.69) is 16.0 Å². The number of fused-ring (bicyclic) bond motifs is 1. The van der Waals surface area contributed by atoms with Crippen LogP contribution in [-0.2, 0) is 0 Å². The number of likely N-dealkylation sites (tertiary alicyclic amines) is 1. The monoisotopic (exact) mass is 455 g/mol. The second-order valence-corrected chi connectivity index (χ2v) is 9.47. The molecule has 0 unspecified atom stereocenters. The Labute approximate surface area is 188 Å². The predicted molar refractivity (Wildman–Crippen MR) is 123 cm³/mol. The van der Waals surface area contributed by atoms with Crippen LogP contribution in [0.25, 0.3) is 21.5 Å². The lowest BCUT2D eigenvalue weighted by atomic mass is 10.0. The van der Waals surface area contributed by atoms with E-state index in [9.17, 15) is 13.6 Å². The molecule has 1 amide bonds. The van der Waals surface area contributed by atoms with Crippen molar-refractivity contribution in [3.8, 4) is 11.3 Å². The zero-order valence-corrected chi connectivity index (χ0v) is 18.5. The Morgan fingerprint density at radius 3 is 2.72 bits per heavy atom. The lowest BCUT2D eigenvalue weighted by Crippen LogP contribution is -2.42. The van der Waals surface area contributed by atoms with E-state index in [0.29, 0.717) is 16.6 Å². The first-order valence-corrected chi connectivity index (χ1v) is 11.5. The maximum Gasteiger partial charge on any atom is 0.264 e. The van der Waals surface area contributed by atoms with E-state index in [1.165, 1.54) is 21.8 Å². The van der Waals surface area contributed by atoms with Gasteiger partial charge in [0.25, 0.3) is 11.8 Å². The number of anilines is 1. The number of nitrogens with zero attached hydrogens (tertiary/aromatic N) is 4. The molecule has 3 aromatic heterocycles. The number of piperidine rings is 1. The van der Waals surface area contributed by atoms with Gasteiger partial charge in [0.05, 0.1) is 10.6 Å². The molecule has 32 heavy (non-hydrogen) atoms. The number of thiophene rings is 1. The lowest BCUT2D eigenvalue weighted by Gasteiger charge is -2.31.